The van der Waals surface area contributed by atoms with Gasteiger partial charge in [-0.15, -0.1) is 0 Å². The molecular formula is C19H19FN4O3S. The zero-order valence-corrected chi connectivity index (χ0v) is 15.8. The van der Waals surface area contributed by atoms with Crippen LogP contribution in [0.4, 0.5) is 10.2 Å². The van der Waals surface area contributed by atoms with Crippen molar-refractivity contribution in [3.63, 3.8) is 0 Å². The molecule has 3 N–H and O–H groups in total. The largest absolute Gasteiger partial charge is 0.308 e. The second kappa shape index (κ2) is 8.32. The molecule has 3 rings (SSSR count). The number of hydrogen-bond donors (Lipinski definition) is 3. The lowest BCUT2D eigenvalue weighted by molar-refractivity contribution is -0.117. The van der Waals surface area contributed by atoms with Gasteiger partial charge < -0.3 is 5.32 Å². The standard InChI is InChI=1S/C19H19FN4O3S/c1-13(24-28(26,27)12-14-7-9-16(20)10-8-14)19(25)21-18-11-17(22-23-18)15-5-3-2-4-6-15/h2-11,13,24H,12H2,1H3,(H2,21,22,23,25). The summed E-state index contributed by atoms with van der Waals surface area (Å²) in [7, 11) is -3.78. The van der Waals surface area contributed by atoms with Crippen LogP contribution < -0.4 is 10.0 Å². The molecule has 0 bridgehead atoms. The fourth-order valence-corrected chi connectivity index (χ4v) is 3.91. The van der Waals surface area contributed by atoms with E-state index in [1.165, 1.54) is 31.2 Å². The molecule has 0 saturated carbocycles. The van der Waals surface area contributed by atoms with Crippen LogP contribution in [0.3, 0.4) is 0 Å². The molecule has 0 spiro atoms. The second-order valence-electron chi connectivity index (χ2n) is 6.25. The number of hydrogen-bond acceptors (Lipinski definition) is 4. The Hall–Kier alpha value is -3.04. The highest BCUT2D eigenvalue weighted by molar-refractivity contribution is 7.88. The first kappa shape index (κ1) is 19.7. The molecule has 2 aromatic carbocycles. The van der Waals surface area contributed by atoms with Crippen molar-refractivity contribution in [2.45, 2.75) is 18.7 Å². The Morgan fingerprint density at radius 1 is 1.14 bits per heavy atom. The van der Waals surface area contributed by atoms with Crippen LogP contribution in [-0.2, 0) is 20.6 Å². The van der Waals surface area contributed by atoms with E-state index in [1.54, 1.807) is 6.07 Å². The molecule has 0 aliphatic carbocycles. The van der Waals surface area contributed by atoms with Crippen LogP contribution in [0.1, 0.15) is 12.5 Å². The van der Waals surface area contributed by atoms with E-state index in [0.717, 1.165) is 11.3 Å². The van der Waals surface area contributed by atoms with E-state index in [0.29, 0.717) is 5.56 Å². The van der Waals surface area contributed by atoms with Crippen molar-refractivity contribution in [1.29, 1.82) is 0 Å². The highest BCUT2D eigenvalue weighted by Crippen LogP contribution is 2.19. The van der Waals surface area contributed by atoms with Crippen molar-refractivity contribution in [3.8, 4) is 11.3 Å². The van der Waals surface area contributed by atoms with E-state index in [2.05, 4.69) is 20.2 Å². The van der Waals surface area contributed by atoms with Crippen LogP contribution in [0.25, 0.3) is 11.3 Å². The number of carbonyl (C=O) groups excluding carboxylic acids is 1. The minimum absolute atomic E-state index is 0.286. The number of halogens is 1. The van der Waals surface area contributed by atoms with Crippen LogP contribution in [-0.4, -0.2) is 30.6 Å². The molecule has 1 unspecified atom stereocenters. The maximum Gasteiger partial charge on any atom is 0.243 e. The summed E-state index contributed by atoms with van der Waals surface area (Å²) in [4.78, 5) is 12.3. The highest BCUT2D eigenvalue weighted by Gasteiger charge is 2.21. The number of rotatable bonds is 7. The minimum atomic E-state index is -3.78. The van der Waals surface area contributed by atoms with Crippen molar-refractivity contribution < 1.29 is 17.6 Å². The number of aromatic nitrogens is 2. The number of nitrogens with zero attached hydrogens (tertiary/aromatic N) is 1. The van der Waals surface area contributed by atoms with Gasteiger partial charge in [0.05, 0.1) is 17.5 Å². The molecule has 7 nitrogen and oxygen atoms in total. The topological polar surface area (TPSA) is 104 Å². The number of aromatic amines is 1. The number of benzene rings is 2. The number of anilines is 1. The van der Waals surface area contributed by atoms with Gasteiger partial charge in [-0.1, -0.05) is 42.5 Å². The predicted molar refractivity (Wildman–Crippen MR) is 104 cm³/mol. The fraction of sp³-hybridized carbons (Fsp3) is 0.158. The van der Waals surface area contributed by atoms with Gasteiger partial charge in [-0.2, -0.15) is 5.10 Å². The van der Waals surface area contributed by atoms with E-state index in [-0.39, 0.29) is 11.6 Å². The normalized spacial score (nSPS) is 12.5. The molecule has 0 saturated heterocycles. The number of sulfonamides is 1. The van der Waals surface area contributed by atoms with Crippen molar-refractivity contribution >= 4 is 21.7 Å². The minimum Gasteiger partial charge on any atom is -0.308 e. The first-order valence-corrected chi connectivity index (χ1v) is 10.1. The number of nitrogens with one attached hydrogen (secondary N) is 3. The van der Waals surface area contributed by atoms with Gasteiger partial charge in [0.2, 0.25) is 15.9 Å². The van der Waals surface area contributed by atoms with Crippen molar-refractivity contribution in [3.05, 3.63) is 72.0 Å². The average molecular weight is 402 g/mol. The number of carbonyl (C=O) groups is 1. The Balaban J connectivity index is 1.60. The second-order valence-corrected chi connectivity index (χ2v) is 8.00. The van der Waals surface area contributed by atoms with Gasteiger partial charge in [0, 0.05) is 6.07 Å². The molecule has 1 aromatic heterocycles. The lowest BCUT2D eigenvalue weighted by Crippen LogP contribution is -2.42. The zero-order valence-electron chi connectivity index (χ0n) is 15.0. The molecule has 0 aliphatic rings. The van der Waals surface area contributed by atoms with E-state index < -0.39 is 27.8 Å². The highest BCUT2D eigenvalue weighted by atomic mass is 32.2. The molecule has 0 aliphatic heterocycles. The van der Waals surface area contributed by atoms with Crippen LogP contribution >= 0.6 is 0 Å². The molecular weight excluding hydrogens is 383 g/mol. The molecule has 1 amide bonds. The third-order valence-corrected chi connectivity index (χ3v) is 5.36. The number of H-pyrrole nitrogens is 1. The molecule has 0 fully saturated rings. The first-order valence-electron chi connectivity index (χ1n) is 8.48. The first-order chi connectivity index (χ1) is 13.3. The Bertz CT molecular complexity index is 1050. The fourth-order valence-electron chi connectivity index (χ4n) is 2.55. The smallest absolute Gasteiger partial charge is 0.243 e. The van der Waals surface area contributed by atoms with Crippen LogP contribution in [0.2, 0.25) is 0 Å². The monoisotopic (exact) mass is 402 g/mol. The maximum atomic E-state index is 12.9. The summed E-state index contributed by atoms with van der Waals surface area (Å²) in [6.07, 6.45) is 0. The molecule has 9 heteroatoms. The van der Waals surface area contributed by atoms with E-state index >= 15 is 0 Å². The molecule has 28 heavy (non-hydrogen) atoms. The van der Waals surface area contributed by atoms with Gasteiger partial charge >= 0.3 is 0 Å². The molecule has 0 radical (unpaired) electrons. The van der Waals surface area contributed by atoms with Crippen LogP contribution in [0.5, 0.6) is 0 Å². The SMILES string of the molecule is CC(NS(=O)(=O)Cc1ccc(F)cc1)C(=O)Nc1cc(-c2ccccc2)[nH]n1. The van der Waals surface area contributed by atoms with Gasteiger partial charge in [-0.3, -0.25) is 9.89 Å². The summed E-state index contributed by atoms with van der Waals surface area (Å²) in [5.41, 5.74) is 2.05. The maximum absolute atomic E-state index is 12.9. The van der Waals surface area contributed by atoms with E-state index in [1.807, 2.05) is 30.3 Å². The lowest BCUT2D eigenvalue weighted by atomic mass is 10.1. The Morgan fingerprint density at radius 3 is 2.50 bits per heavy atom. The average Bonchev–Trinajstić information content (AvgIpc) is 3.12. The summed E-state index contributed by atoms with van der Waals surface area (Å²) >= 11 is 0. The van der Waals surface area contributed by atoms with Gasteiger partial charge in [-0.25, -0.2) is 17.5 Å². The van der Waals surface area contributed by atoms with Gasteiger partial charge in [0.1, 0.15) is 5.82 Å². The third kappa shape index (κ3) is 5.24. The Labute approximate surface area is 162 Å². The van der Waals surface area contributed by atoms with Crippen LogP contribution in [0, 0.1) is 5.82 Å². The summed E-state index contributed by atoms with van der Waals surface area (Å²) in [6.45, 7) is 1.43. The summed E-state index contributed by atoms with van der Waals surface area (Å²) < 4.78 is 39.7. The van der Waals surface area contributed by atoms with Crippen molar-refractivity contribution in [2.75, 3.05) is 5.32 Å². The summed E-state index contributed by atoms with van der Waals surface area (Å²) in [6, 6.07) is 15.2. The van der Waals surface area contributed by atoms with Gasteiger partial charge in [0.15, 0.2) is 5.82 Å². The van der Waals surface area contributed by atoms with E-state index in [4.69, 9.17) is 0 Å². The predicted octanol–water partition coefficient (Wildman–Crippen LogP) is 2.66. The molecule has 1 atom stereocenters. The molecule has 3 aromatic rings. The lowest BCUT2D eigenvalue weighted by Gasteiger charge is -2.13. The molecule has 146 valence electrons. The third-order valence-electron chi connectivity index (χ3n) is 3.93. The van der Waals surface area contributed by atoms with Gasteiger partial charge in [-0.05, 0) is 30.2 Å². The summed E-state index contributed by atoms with van der Waals surface area (Å²) in [5, 5.41) is 9.40. The Kier molecular flexibility index (Phi) is 5.86. The zero-order chi connectivity index (χ0) is 20.1. The van der Waals surface area contributed by atoms with Crippen molar-refractivity contribution in [1.82, 2.24) is 14.9 Å². The van der Waals surface area contributed by atoms with Gasteiger partial charge in [0.25, 0.3) is 0 Å². The van der Waals surface area contributed by atoms with Crippen LogP contribution in [0.15, 0.2) is 60.7 Å². The van der Waals surface area contributed by atoms with Crippen molar-refractivity contribution in [2.24, 2.45) is 0 Å². The summed E-state index contributed by atoms with van der Waals surface area (Å²) in [5.74, 6) is -1.07. The molecule has 1 heterocycles. The van der Waals surface area contributed by atoms with E-state index in [9.17, 15) is 17.6 Å². The number of amides is 1. The quantitative estimate of drug-likeness (QED) is 0.565. The Morgan fingerprint density at radius 2 is 1.82 bits per heavy atom.